The Morgan fingerprint density at radius 3 is 2.46 bits per heavy atom. The monoisotopic (exact) mass is 331 g/mol. The Labute approximate surface area is 145 Å². The van der Waals surface area contributed by atoms with Gasteiger partial charge in [0.2, 0.25) is 5.91 Å². The van der Waals surface area contributed by atoms with Crippen LogP contribution < -0.4 is 10.2 Å². The molecule has 5 nitrogen and oxygen atoms in total. The molecule has 2 heterocycles. The normalized spacial score (nSPS) is 20.1. The van der Waals surface area contributed by atoms with Gasteiger partial charge in [-0.2, -0.15) is 0 Å². The summed E-state index contributed by atoms with van der Waals surface area (Å²) in [4.78, 5) is 16.8. The van der Waals surface area contributed by atoms with E-state index in [0.29, 0.717) is 18.9 Å². The van der Waals surface area contributed by atoms with Gasteiger partial charge in [-0.25, -0.2) is 0 Å². The highest BCUT2D eigenvalue weighted by Gasteiger charge is 2.19. The molecule has 0 aromatic heterocycles. The van der Waals surface area contributed by atoms with E-state index in [0.717, 1.165) is 57.8 Å². The topological polar surface area (TPSA) is 44.8 Å². The standard InChI is InChI=1S/C19H29N3O2/c1-21-8-6-16(7-9-21)14-19(23)20-15-17-2-4-18(5-3-17)22-10-12-24-13-11-22/h2-5,16H,6-15H2,1H3,(H,20,23). The van der Waals surface area contributed by atoms with E-state index in [4.69, 9.17) is 4.74 Å². The summed E-state index contributed by atoms with van der Waals surface area (Å²) in [6.45, 7) is 6.35. The van der Waals surface area contributed by atoms with E-state index >= 15 is 0 Å². The first-order chi connectivity index (χ1) is 11.7. The van der Waals surface area contributed by atoms with Crippen LogP contribution in [0.2, 0.25) is 0 Å². The van der Waals surface area contributed by atoms with E-state index < -0.39 is 0 Å². The zero-order valence-corrected chi connectivity index (χ0v) is 14.7. The number of carbonyl (C=O) groups excluding carboxylic acids is 1. The van der Waals surface area contributed by atoms with Gasteiger partial charge in [-0.05, 0) is 56.6 Å². The van der Waals surface area contributed by atoms with Gasteiger partial charge in [-0.1, -0.05) is 12.1 Å². The van der Waals surface area contributed by atoms with Crippen molar-refractivity contribution in [2.45, 2.75) is 25.8 Å². The van der Waals surface area contributed by atoms with E-state index in [1.165, 1.54) is 5.69 Å². The van der Waals surface area contributed by atoms with E-state index in [1.807, 2.05) is 0 Å². The first-order valence-corrected chi connectivity index (χ1v) is 9.07. The van der Waals surface area contributed by atoms with Crippen LogP contribution in [-0.2, 0) is 16.1 Å². The third-order valence-corrected chi connectivity index (χ3v) is 5.11. The van der Waals surface area contributed by atoms with Crippen molar-refractivity contribution >= 4 is 11.6 Å². The molecule has 1 aromatic rings. The van der Waals surface area contributed by atoms with Gasteiger partial charge in [0.15, 0.2) is 0 Å². The van der Waals surface area contributed by atoms with Gasteiger partial charge >= 0.3 is 0 Å². The SMILES string of the molecule is CN1CCC(CC(=O)NCc2ccc(N3CCOCC3)cc2)CC1. The van der Waals surface area contributed by atoms with Crippen LogP contribution >= 0.6 is 0 Å². The molecule has 0 bridgehead atoms. The Hall–Kier alpha value is -1.59. The Morgan fingerprint density at radius 1 is 1.12 bits per heavy atom. The third-order valence-electron chi connectivity index (χ3n) is 5.11. The molecule has 1 N–H and O–H groups in total. The maximum absolute atomic E-state index is 12.1. The molecule has 132 valence electrons. The molecule has 1 amide bonds. The molecular weight excluding hydrogens is 302 g/mol. The van der Waals surface area contributed by atoms with Gasteiger partial charge in [-0.15, -0.1) is 0 Å². The predicted octanol–water partition coefficient (Wildman–Crippen LogP) is 1.87. The number of benzene rings is 1. The summed E-state index contributed by atoms with van der Waals surface area (Å²) in [5.74, 6) is 0.728. The lowest BCUT2D eigenvalue weighted by Gasteiger charge is -2.29. The summed E-state index contributed by atoms with van der Waals surface area (Å²) in [6, 6.07) is 8.51. The summed E-state index contributed by atoms with van der Waals surface area (Å²) in [5, 5.41) is 3.07. The lowest BCUT2D eigenvalue weighted by molar-refractivity contribution is -0.122. The van der Waals surface area contributed by atoms with E-state index in [-0.39, 0.29) is 5.91 Å². The van der Waals surface area contributed by atoms with Gasteiger partial charge < -0.3 is 19.9 Å². The summed E-state index contributed by atoms with van der Waals surface area (Å²) < 4.78 is 5.39. The number of nitrogens with zero attached hydrogens (tertiary/aromatic N) is 2. The fraction of sp³-hybridized carbons (Fsp3) is 0.632. The molecule has 3 rings (SSSR count). The number of morpholine rings is 1. The van der Waals surface area contributed by atoms with Crippen LogP contribution in [0, 0.1) is 5.92 Å². The van der Waals surface area contributed by atoms with Crippen LogP contribution in [0.4, 0.5) is 5.69 Å². The van der Waals surface area contributed by atoms with Crippen molar-refractivity contribution in [3.05, 3.63) is 29.8 Å². The van der Waals surface area contributed by atoms with Crippen LogP contribution in [0.5, 0.6) is 0 Å². The number of likely N-dealkylation sites (tertiary alicyclic amines) is 1. The van der Waals surface area contributed by atoms with Crippen molar-refractivity contribution < 1.29 is 9.53 Å². The van der Waals surface area contributed by atoms with Crippen molar-refractivity contribution in [1.29, 1.82) is 0 Å². The van der Waals surface area contributed by atoms with Crippen molar-refractivity contribution in [2.24, 2.45) is 5.92 Å². The second kappa shape index (κ2) is 8.49. The molecule has 2 aliphatic rings. The highest BCUT2D eigenvalue weighted by molar-refractivity contribution is 5.76. The first-order valence-electron chi connectivity index (χ1n) is 9.07. The summed E-state index contributed by atoms with van der Waals surface area (Å²) in [5.41, 5.74) is 2.39. The fourth-order valence-corrected chi connectivity index (χ4v) is 3.45. The maximum atomic E-state index is 12.1. The number of hydrogen-bond acceptors (Lipinski definition) is 4. The lowest BCUT2D eigenvalue weighted by atomic mass is 9.93. The van der Waals surface area contributed by atoms with Gasteiger partial charge in [0.1, 0.15) is 0 Å². The van der Waals surface area contributed by atoms with Crippen molar-refractivity contribution in [3.63, 3.8) is 0 Å². The Kier molecular flexibility index (Phi) is 6.10. The summed E-state index contributed by atoms with van der Waals surface area (Å²) in [7, 11) is 2.15. The molecule has 24 heavy (non-hydrogen) atoms. The first kappa shape index (κ1) is 17.2. The third kappa shape index (κ3) is 4.95. The van der Waals surface area contributed by atoms with Gasteiger partial charge in [0, 0.05) is 31.7 Å². The molecule has 0 aliphatic carbocycles. The van der Waals surface area contributed by atoms with Crippen LogP contribution in [-0.4, -0.2) is 57.2 Å². The molecule has 2 aliphatic heterocycles. The average molecular weight is 331 g/mol. The molecule has 0 atom stereocenters. The highest BCUT2D eigenvalue weighted by atomic mass is 16.5. The molecule has 1 aromatic carbocycles. The number of carbonyl (C=O) groups is 1. The summed E-state index contributed by atoms with van der Waals surface area (Å²) in [6.07, 6.45) is 2.94. The average Bonchev–Trinajstić information content (AvgIpc) is 2.63. The number of ether oxygens (including phenoxy) is 1. The number of nitrogens with one attached hydrogen (secondary N) is 1. The molecule has 0 saturated carbocycles. The Bertz CT molecular complexity index is 518. The van der Waals surface area contributed by atoms with Crippen LogP contribution in [0.15, 0.2) is 24.3 Å². The second-order valence-corrected chi connectivity index (χ2v) is 6.99. The second-order valence-electron chi connectivity index (χ2n) is 6.99. The van der Waals surface area contributed by atoms with Crippen LogP contribution in [0.25, 0.3) is 0 Å². The minimum absolute atomic E-state index is 0.182. The van der Waals surface area contributed by atoms with Crippen molar-refractivity contribution in [1.82, 2.24) is 10.2 Å². The molecule has 2 saturated heterocycles. The Morgan fingerprint density at radius 2 is 1.79 bits per heavy atom. The number of piperidine rings is 1. The van der Waals surface area contributed by atoms with Gasteiger partial charge in [-0.3, -0.25) is 4.79 Å². The highest BCUT2D eigenvalue weighted by Crippen LogP contribution is 2.20. The zero-order valence-electron chi connectivity index (χ0n) is 14.7. The quantitative estimate of drug-likeness (QED) is 0.895. The molecule has 0 unspecified atom stereocenters. The number of hydrogen-bond donors (Lipinski definition) is 1. The van der Waals surface area contributed by atoms with E-state index in [2.05, 4.69) is 46.4 Å². The molecule has 5 heteroatoms. The largest absolute Gasteiger partial charge is 0.378 e. The van der Waals surface area contributed by atoms with Crippen LogP contribution in [0.3, 0.4) is 0 Å². The number of anilines is 1. The van der Waals surface area contributed by atoms with Gasteiger partial charge in [0.25, 0.3) is 0 Å². The molecule has 0 spiro atoms. The minimum atomic E-state index is 0.182. The van der Waals surface area contributed by atoms with Crippen molar-refractivity contribution in [3.8, 4) is 0 Å². The predicted molar refractivity (Wildman–Crippen MR) is 96.2 cm³/mol. The number of rotatable bonds is 5. The van der Waals surface area contributed by atoms with E-state index in [9.17, 15) is 4.79 Å². The lowest BCUT2D eigenvalue weighted by Crippen LogP contribution is -2.36. The molecular formula is C19H29N3O2. The molecule has 0 radical (unpaired) electrons. The molecule has 2 fully saturated rings. The number of amides is 1. The van der Waals surface area contributed by atoms with E-state index in [1.54, 1.807) is 0 Å². The fourth-order valence-electron chi connectivity index (χ4n) is 3.45. The minimum Gasteiger partial charge on any atom is -0.378 e. The van der Waals surface area contributed by atoms with Crippen LogP contribution in [0.1, 0.15) is 24.8 Å². The summed E-state index contributed by atoms with van der Waals surface area (Å²) >= 11 is 0. The smallest absolute Gasteiger partial charge is 0.220 e. The maximum Gasteiger partial charge on any atom is 0.220 e. The Balaban J connectivity index is 1.41. The van der Waals surface area contributed by atoms with Gasteiger partial charge in [0.05, 0.1) is 13.2 Å². The zero-order chi connectivity index (χ0) is 16.8. The van der Waals surface area contributed by atoms with Crippen molar-refractivity contribution in [2.75, 3.05) is 51.3 Å².